The molecule has 1 unspecified atom stereocenters. The monoisotopic (exact) mass is 274 g/mol. The summed E-state index contributed by atoms with van der Waals surface area (Å²) in [6.45, 7) is 3.03. The molecule has 0 spiro atoms. The van der Waals surface area contributed by atoms with Crippen LogP contribution in [0, 0.1) is 0 Å². The zero-order chi connectivity index (χ0) is 13.2. The number of carbonyl (C=O) groups excluding carboxylic acids is 1. The summed E-state index contributed by atoms with van der Waals surface area (Å²) in [6, 6.07) is 0.296. The van der Waals surface area contributed by atoms with Crippen molar-refractivity contribution in [2.24, 2.45) is 0 Å². The lowest BCUT2D eigenvalue weighted by atomic mass is 10.2. The molecule has 3 N–H and O–H groups in total. The predicted octanol–water partition coefficient (Wildman–Crippen LogP) is 1.14. The molecule has 1 aliphatic rings. The minimum absolute atomic E-state index is 0.107. The zero-order valence-electron chi connectivity index (χ0n) is 11.3. The normalized spacial score (nSPS) is 17.9. The van der Waals surface area contributed by atoms with Gasteiger partial charge in [-0.1, -0.05) is 12.8 Å². The van der Waals surface area contributed by atoms with Crippen LogP contribution in [-0.2, 0) is 4.79 Å². The highest BCUT2D eigenvalue weighted by atomic mass is 32.2. The Morgan fingerprint density at radius 2 is 2.11 bits per heavy atom. The highest BCUT2D eigenvalue weighted by molar-refractivity contribution is 7.99. The molecular weight excluding hydrogens is 248 g/mol. The molecule has 0 aromatic heterocycles. The standard InChI is InChI=1S/C13H26N2O2S/c1-11(14-7-10-18-9-4-8-16)13(17)15-12-5-2-3-6-12/h11-12,14,16H,2-10H2,1H3,(H,15,17). The second-order valence-corrected chi connectivity index (χ2v) is 6.08. The molecule has 1 saturated carbocycles. The van der Waals surface area contributed by atoms with E-state index in [2.05, 4.69) is 10.6 Å². The Bertz CT molecular complexity index is 233. The first-order chi connectivity index (χ1) is 8.74. The molecule has 1 rings (SSSR count). The van der Waals surface area contributed by atoms with Gasteiger partial charge in [-0.3, -0.25) is 4.79 Å². The van der Waals surface area contributed by atoms with Gasteiger partial charge in [-0.2, -0.15) is 11.8 Å². The lowest BCUT2D eigenvalue weighted by Crippen LogP contribution is -2.46. The molecule has 5 heteroatoms. The van der Waals surface area contributed by atoms with Crippen molar-refractivity contribution < 1.29 is 9.90 Å². The third-order valence-corrected chi connectivity index (χ3v) is 4.31. The first kappa shape index (κ1) is 15.8. The van der Waals surface area contributed by atoms with Crippen LogP contribution in [0.15, 0.2) is 0 Å². The summed E-state index contributed by atoms with van der Waals surface area (Å²) in [4.78, 5) is 11.9. The van der Waals surface area contributed by atoms with E-state index < -0.39 is 0 Å². The molecule has 0 saturated heterocycles. The van der Waals surface area contributed by atoms with E-state index in [9.17, 15) is 4.79 Å². The maximum Gasteiger partial charge on any atom is 0.237 e. The fraction of sp³-hybridized carbons (Fsp3) is 0.923. The molecule has 0 aromatic rings. The van der Waals surface area contributed by atoms with Crippen molar-refractivity contribution in [2.45, 2.75) is 51.1 Å². The van der Waals surface area contributed by atoms with Crippen molar-refractivity contribution in [3.8, 4) is 0 Å². The molecule has 0 aliphatic heterocycles. The molecule has 0 aromatic carbocycles. The van der Waals surface area contributed by atoms with Crippen LogP contribution in [-0.4, -0.2) is 47.8 Å². The maximum atomic E-state index is 11.9. The van der Waals surface area contributed by atoms with Gasteiger partial charge in [-0.15, -0.1) is 0 Å². The van der Waals surface area contributed by atoms with E-state index in [0.29, 0.717) is 6.04 Å². The number of carbonyl (C=O) groups is 1. The SMILES string of the molecule is CC(NCCSCCCO)C(=O)NC1CCCC1. The molecule has 0 bridgehead atoms. The summed E-state index contributed by atoms with van der Waals surface area (Å²) < 4.78 is 0. The van der Waals surface area contributed by atoms with Crippen LogP contribution in [0.1, 0.15) is 39.0 Å². The van der Waals surface area contributed by atoms with Gasteiger partial charge in [0, 0.05) is 24.9 Å². The van der Waals surface area contributed by atoms with Gasteiger partial charge in [0.05, 0.1) is 6.04 Å². The maximum absolute atomic E-state index is 11.9. The topological polar surface area (TPSA) is 61.4 Å². The number of rotatable bonds is 9. The fourth-order valence-corrected chi connectivity index (χ4v) is 2.90. The minimum atomic E-state index is -0.107. The third kappa shape index (κ3) is 6.61. The van der Waals surface area contributed by atoms with Crippen LogP contribution in [0.25, 0.3) is 0 Å². The fourth-order valence-electron chi connectivity index (χ4n) is 2.11. The van der Waals surface area contributed by atoms with Gasteiger partial charge in [0.25, 0.3) is 0 Å². The van der Waals surface area contributed by atoms with Crippen molar-refractivity contribution in [1.29, 1.82) is 0 Å². The lowest BCUT2D eigenvalue weighted by molar-refractivity contribution is -0.123. The van der Waals surface area contributed by atoms with Gasteiger partial charge >= 0.3 is 0 Å². The number of thioether (sulfide) groups is 1. The molecule has 1 atom stereocenters. The van der Waals surface area contributed by atoms with E-state index in [1.54, 1.807) is 0 Å². The highest BCUT2D eigenvalue weighted by Crippen LogP contribution is 2.17. The van der Waals surface area contributed by atoms with Gasteiger partial charge < -0.3 is 15.7 Å². The molecule has 1 fully saturated rings. The van der Waals surface area contributed by atoms with Crippen LogP contribution >= 0.6 is 11.8 Å². The smallest absolute Gasteiger partial charge is 0.237 e. The van der Waals surface area contributed by atoms with Crippen molar-refractivity contribution in [3.63, 3.8) is 0 Å². The Kier molecular flexibility index (Phi) is 8.46. The Labute approximate surface area is 114 Å². The molecule has 1 amide bonds. The number of aliphatic hydroxyl groups is 1. The van der Waals surface area contributed by atoms with Crippen molar-refractivity contribution in [3.05, 3.63) is 0 Å². The number of hydrogen-bond acceptors (Lipinski definition) is 4. The van der Waals surface area contributed by atoms with E-state index >= 15 is 0 Å². The molecule has 4 nitrogen and oxygen atoms in total. The van der Waals surface area contributed by atoms with E-state index in [4.69, 9.17) is 5.11 Å². The summed E-state index contributed by atoms with van der Waals surface area (Å²) in [7, 11) is 0. The van der Waals surface area contributed by atoms with Gasteiger partial charge in [0.15, 0.2) is 0 Å². The first-order valence-corrected chi connectivity index (χ1v) is 8.12. The van der Waals surface area contributed by atoms with Crippen LogP contribution in [0.2, 0.25) is 0 Å². The average molecular weight is 274 g/mol. The lowest BCUT2D eigenvalue weighted by Gasteiger charge is -2.17. The summed E-state index contributed by atoms with van der Waals surface area (Å²) in [5.41, 5.74) is 0. The molecule has 106 valence electrons. The van der Waals surface area contributed by atoms with Gasteiger partial charge in [0.1, 0.15) is 0 Å². The van der Waals surface area contributed by atoms with Crippen LogP contribution in [0.3, 0.4) is 0 Å². The van der Waals surface area contributed by atoms with Crippen molar-refractivity contribution in [1.82, 2.24) is 10.6 Å². The third-order valence-electron chi connectivity index (χ3n) is 3.24. The Balaban J connectivity index is 2.00. The van der Waals surface area contributed by atoms with E-state index in [0.717, 1.165) is 37.3 Å². The molecule has 0 heterocycles. The number of hydrogen-bond donors (Lipinski definition) is 3. The Morgan fingerprint density at radius 1 is 1.39 bits per heavy atom. The summed E-state index contributed by atoms with van der Waals surface area (Å²) in [5.74, 6) is 2.10. The number of aliphatic hydroxyl groups excluding tert-OH is 1. The first-order valence-electron chi connectivity index (χ1n) is 6.96. The van der Waals surface area contributed by atoms with E-state index in [1.165, 1.54) is 12.8 Å². The van der Waals surface area contributed by atoms with Crippen molar-refractivity contribution in [2.75, 3.05) is 24.7 Å². The van der Waals surface area contributed by atoms with Crippen LogP contribution in [0.4, 0.5) is 0 Å². The van der Waals surface area contributed by atoms with Crippen LogP contribution in [0.5, 0.6) is 0 Å². The Morgan fingerprint density at radius 3 is 2.78 bits per heavy atom. The second-order valence-electron chi connectivity index (χ2n) is 4.86. The summed E-state index contributed by atoms with van der Waals surface area (Å²) in [6.07, 6.45) is 5.61. The highest BCUT2D eigenvalue weighted by Gasteiger charge is 2.19. The zero-order valence-corrected chi connectivity index (χ0v) is 12.1. The van der Waals surface area contributed by atoms with Crippen LogP contribution < -0.4 is 10.6 Å². The van der Waals surface area contributed by atoms with Gasteiger partial charge in [-0.25, -0.2) is 0 Å². The average Bonchev–Trinajstić information content (AvgIpc) is 2.86. The second kappa shape index (κ2) is 9.64. The Hall–Kier alpha value is -0.260. The van der Waals surface area contributed by atoms with E-state index in [-0.39, 0.29) is 18.6 Å². The molecular formula is C13H26N2O2S. The molecule has 1 aliphatic carbocycles. The predicted molar refractivity (Wildman–Crippen MR) is 76.9 cm³/mol. The summed E-state index contributed by atoms with van der Waals surface area (Å²) in [5, 5.41) is 15.0. The summed E-state index contributed by atoms with van der Waals surface area (Å²) >= 11 is 1.81. The quantitative estimate of drug-likeness (QED) is 0.552. The molecule has 0 radical (unpaired) electrons. The van der Waals surface area contributed by atoms with Crippen molar-refractivity contribution >= 4 is 17.7 Å². The van der Waals surface area contributed by atoms with Gasteiger partial charge in [0.2, 0.25) is 5.91 Å². The van der Waals surface area contributed by atoms with E-state index in [1.807, 2.05) is 18.7 Å². The number of amides is 1. The number of nitrogens with one attached hydrogen (secondary N) is 2. The molecule has 18 heavy (non-hydrogen) atoms. The largest absolute Gasteiger partial charge is 0.396 e. The minimum Gasteiger partial charge on any atom is -0.396 e. The van der Waals surface area contributed by atoms with Gasteiger partial charge in [-0.05, 0) is 31.9 Å².